The van der Waals surface area contributed by atoms with Gasteiger partial charge in [-0.05, 0) is 18.9 Å². The third-order valence-corrected chi connectivity index (χ3v) is 2.85. The van der Waals surface area contributed by atoms with E-state index < -0.39 is 0 Å². The van der Waals surface area contributed by atoms with E-state index in [2.05, 4.69) is 5.32 Å². The largest absolute Gasteiger partial charge is 0.398 e. The van der Waals surface area contributed by atoms with Gasteiger partial charge in [-0.25, -0.2) is 0 Å². The molecule has 100 valence electrons. The maximum absolute atomic E-state index is 11.7. The molecular weight excluding hydrogens is 234 g/mol. The Morgan fingerprint density at radius 1 is 1.50 bits per heavy atom. The van der Waals surface area contributed by atoms with Crippen molar-refractivity contribution in [1.29, 1.82) is 0 Å². The molecule has 1 amide bonds. The SMILES string of the molecule is CC(CO)C(C)NC(=O)Cn1cc(N)ccc1=O. The van der Waals surface area contributed by atoms with Crippen molar-refractivity contribution in [2.75, 3.05) is 12.3 Å². The summed E-state index contributed by atoms with van der Waals surface area (Å²) >= 11 is 0. The van der Waals surface area contributed by atoms with E-state index in [1.807, 2.05) is 6.92 Å². The van der Waals surface area contributed by atoms with Crippen molar-refractivity contribution in [3.8, 4) is 0 Å². The van der Waals surface area contributed by atoms with Crippen LogP contribution in [0.2, 0.25) is 0 Å². The second kappa shape index (κ2) is 6.20. The molecule has 6 heteroatoms. The average Bonchev–Trinajstić information content (AvgIpc) is 2.32. The van der Waals surface area contributed by atoms with E-state index >= 15 is 0 Å². The molecule has 0 aromatic carbocycles. The van der Waals surface area contributed by atoms with Crippen LogP contribution in [0.4, 0.5) is 5.69 Å². The zero-order chi connectivity index (χ0) is 13.7. The second-order valence-corrected chi connectivity index (χ2v) is 4.44. The number of hydrogen-bond donors (Lipinski definition) is 3. The summed E-state index contributed by atoms with van der Waals surface area (Å²) in [6, 6.07) is 2.66. The van der Waals surface area contributed by atoms with Crippen LogP contribution in [-0.4, -0.2) is 28.2 Å². The van der Waals surface area contributed by atoms with Crippen LogP contribution < -0.4 is 16.6 Å². The number of nitrogens with zero attached hydrogens (tertiary/aromatic N) is 1. The topological polar surface area (TPSA) is 97.3 Å². The van der Waals surface area contributed by atoms with Gasteiger partial charge in [-0.15, -0.1) is 0 Å². The first kappa shape index (κ1) is 14.2. The Labute approximate surface area is 105 Å². The molecule has 18 heavy (non-hydrogen) atoms. The first-order chi connectivity index (χ1) is 8.43. The van der Waals surface area contributed by atoms with Crippen LogP contribution in [0.1, 0.15) is 13.8 Å². The summed E-state index contributed by atoms with van der Waals surface area (Å²) in [6.07, 6.45) is 1.43. The highest BCUT2D eigenvalue weighted by molar-refractivity contribution is 5.76. The normalized spacial score (nSPS) is 13.9. The lowest BCUT2D eigenvalue weighted by atomic mass is 10.1. The molecule has 0 radical (unpaired) electrons. The minimum atomic E-state index is -0.282. The third kappa shape index (κ3) is 3.89. The van der Waals surface area contributed by atoms with Gasteiger partial charge in [-0.3, -0.25) is 9.59 Å². The molecule has 2 unspecified atom stereocenters. The monoisotopic (exact) mass is 253 g/mol. The first-order valence-corrected chi connectivity index (χ1v) is 5.80. The van der Waals surface area contributed by atoms with Gasteiger partial charge in [-0.2, -0.15) is 0 Å². The summed E-state index contributed by atoms with van der Waals surface area (Å²) in [5.74, 6) is -0.318. The highest BCUT2D eigenvalue weighted by Crippen LogP contribution is 2.01. The van der Waals surface area contributed by atoms with Crippen LogP contribution >= 0.6 is 0 Å². The molecule has 0 saturated heterocycles. The number of amides is 1. The maximum Gasteiger partial charge on any atom is 0.251 e. The van der Waals surface area contributed by atoms with Gasteiger partial charge in [0.15, 0.2) is 0 Å². The smallest absolute Gasteiger partial charge is 0.251 e. The van der Waals surface area contributed by atoms with Gasteiger partial charge in [0, 0.05) is 30.6 Å². The maximum atomic E-state index is 11.7. The van der Waals surface area contributed by atoms with Crippen molar-refractivity contribution in [1.82, 2.24) is 9.88 Å². The van der Waals surface area contributed by atoms with Crippen LogP contribution in [0.25, 0.3) is 0 Å². The van der Waals surface area contributed by atoms with Crippen LogP contribution in [-0.2, 0) is 11.3 Å². The molecule has 1 heterocycles. The lowest BCUT2D eigenvalue weighted by molar-refractivity contribution is -0.122. The van der Waals surface area contributed by atoms with Crippen molar-refractivity contribution in [2.45, 2.75) is 26.4 Å². The molecule has 0 aliphatic carbocycles. The average molecular weight is 253 g/mol. The van der Waals surface area contributed by atoms with Crippen molar-refractivity contribution < 1.29 is 9.90 Å². The standard InChI is InChI=1S/C12H19N3O3/c1-8(7-16)9(2)14-11(17)6-15-5-10(13)3-4-12(15)18/h3-5,8-9,16H,6-7,13H2,1-2H3,(H,14,17). The first-order valence-electron chi connectivity index (χ1n) is 5.80. The van der Waals surface area contributed by atoms with E-state index in [1.54, 1.807) is 6.92 Å². The van der Waals surface area contributed by atoms with Crippen LogP contribution in [0.15, 0.2) is 23.1 Å². The number of carbonyl (C=O) groups excluding carboxylic acids is 1. The molecule has 1 aromatic rings. The number of rotatable bonds is 5. The summed E-state index contributed by atoms with van der Waals surface area (Å²) in [7, 11) is 0. The number of nitrogens with two attached hydrogens (primary N) is 1. The van der Waals surface area contributed by atoms with Crippen molar-refractivity contribution in [2.24, 2.45) is 5.92 Å². The Kier molecular flexibility index (Phi) is 4.91. The van der Waals surface area contributed by atoms with E-state index in [4.69, 9.17) is 10.8 Å². The van der Waals surface area contributed by atoms with Gasteiger partial charge in [0.05, 0.1) is 0 Å². The number of anilines is 1. The lowest BCUT2D eigenvalue weighted by Gasteiger charge is -2.19. The molecule has 0 saturated carbocycles. The van der Waals surface area contributed by atoms with Crippen molar-refractivity contribution >= 4 is 11.6 Å². The van der Waals surface area contributed by atoms with E-state index in [9.17, 15) is 9.59 Å². The predicted octanol–water partition coefficient (Wildman–Crippen LogP) is -0.436. The van der Waals surface area contributed by atoms with Crippen LogP contribution in [0.3, 0.4) is 0 Å². The Morgan fingerprint density at radius 3 is 2.78 bits per heavy atom. The molecule has 0 aliphatic rings. The fourth-order valence-electron chi connectivity index (χ4n) is 1.43. The van der Waals surface area contributed by atoms with Crippen LogP contribution in [0.5, 0.6) is 0 Å². The second-order valence-electron chi connectivity index (χ2n) is 4.44. The fourth-order valence-corrected chi connectivity index (χ4v) is 1.43. The third-order valence-electron chi connectivity index (χ3n) is 2.85. The minimum absolute atomic E-state index is 0.000317. The van der Waals surface area contributed by atoms with Crippen molar-refractivity contribution in [3.63, 3.8) is 0 Å². The number of pyridine rings is 1. The Morgan fingerprint density at radius 2 is 2.17 bits per heavy atom. The number of nitrogens with one attached hydrogen (secondary N) is 1. The summed E-state index contributed by atoms with van der Waals surface area (Å²) in [5.41, 5.74) is 5.70. The quantitative estimate of drug-likeness (QED) is 0.663. The number of hydrogen-bond acceptors (Lipinski definition) is 4. The van der Waals surface area contributed by atoms with Gasteiger partial charge in [-0.1, -0.05) is 6.92 Å². The molecule has 0 aliphatic heterocycles. The predicted molar refractivity (Wildman–Crippen MR) is 69.0 cm³/mol. The Bertz CT molecular complexity index is 470. The minimum Gasteiger partial charge on any atom is -0.398 e. The Hall–Kier alpha value is -1.82. The highest BCUT2D eigenvalue weighted by Gasteiger charge is 2.14. The van der Waals surface area contributed by atoms with Gasteiger partial charge in [0.1, 0.15) is 6.54 Å². The van der Waals surface area contributed by atoms with Gasteiger partial charge in [0.25, 0.3) is 5.56 Å². The van der Waals surface area contributed by atoms with Gasteiger partial charge < -0.3 is 20.7 Å². The fraction of sp³-hybridized carbons (Fsp3) is 0.500. The van der Waals surface area contributed by atoms with E-state index in [-0.39, 0.29) is 36.6 Å². The molecule has 0 fully saturated rings. The number of aromatic nitrogens is 1. The van der Waals surface area contributed by atoms with E-state index in [1.165, 1.54) is 22.9 Å². The Balaban J connectivity index is 2.65. The number of nitrogen functional groups attached to an aromatic ring is 1. The van der Waals surface area contributed by atoms with Crippen molar-refractivity contribution in [3.05, 3.63) is 28.7 Å². The number of aliphatic hydroxyl groups is 1. The molecule has 2 atom stereocenters. The highest BCUT2D eigenvalue weighted by atomic mass is 16.3. The number of carbonyl (C=O) groups is 1. The summed E-state index contributed by atoms with van der Waals surface area (Å²) < 4.78 is 1.25. The lowest BCUT2D eigenvalue weighted by Crippen LogP contribution is -2.41. The molecule has 1 rings (SSSR count). The molecule has 1 aromatic heterocycles. The molecular formula is C12H19N3O3. The molecule has 6 nitrogen and oxygen atoms in total. The van der Waals surface area contributed by atoms with Gasteiger partial charge >= 0.3 is 0 Å². The molecule has 4 N–H and O–H groups in total. The zero-order valence-electron chi connectivity index (χ0n) is 10.6. The van der Waals surface area contributed by atoms with E-state index in [0.29, 0.717) is 5.69 Å². The molecule has 0 bridgehead atoms. The summed E-state index contributed by atoms with van der Waals surface area (Å²) in [6.45, 7) is 3.56. The zero-order valence-corrected chi connectivity index (χ0v) is 10.6. The van der Waals surface area contributed by atoms with Gasteiger partial charge in [0.2, 0.25) is 5.91 Å². The van der Waals surface area contributed by atoms with Crippen LogP contribution in [0, 0.1) is 5.92 Å². The number of aliphatic hydroxyl groups excluding tert-OH is 1. The summed E-state index contributed by atoms with van der Waals surface area (Å²) in [5, 5.41) is 11.7. The summed E-state index contributed by atoms with van der Waals surface area (Å²) in [4.78, 5) is 23.2. The van der Waals surface area contributed by atoms with E-state index in [0.717, 1.165) is 0 Å². The molecule has 0 spiro atoms.